The number of aliphatic carboxylic acids is 1. The normalized spacial score (nSPS) is 23.2. The zero-order chi connectivity index (χ0) is 19.9. The molecular weight excluding hydrogens is 376 g/mol. The highest BCUT2D eigenvalue weighted by molar-refractivity contribution is 7.19. The predicted molar refractivity (Wildman–Crippen MR) is 112 cm³/mol. The first-order chi connectivity index (χ1) is 13.5. The highest BCUT2D eigenvalue weighted by Gasteiger charge is 2.33. The van der Waals surface area contributed by atoms with Crippen LogP contribution >= 0.6 is 11.3 Å². The first-order valence-corrected chi connectivity index (χ1v) is 11.4. The van der Waals surface area contributed by atoms with Crippen LogP contribution in [0.2, 0.25) is 0 Å². The first-order valence-electron chi connectivity index (χ1n) is 10.5. The molecule has 0 aliphatic heterocycles. The number of urea groups is 1. The summed E-state index contributed by atoms with van der Waals surface area (Å²) in [6, 6.07) is 0.630. The van der Waals surface area contributed by atoms with E-state index >= 15 is 0 Å². The summed E-state index contributed by atoms with van der Waals surface area (Å²) >= 11 is 1.35. The van der Waals surface area contributed by atoms with Crippen LogP contribution in [0.5, 0.6) is 0 Å². The maximum atomic E-state index is 13.2. The number of hydrogen-bond donors (Lipinski definition) is 3. The summed E-state index contributed by atoms with van der Waals surface area (Å²) in [5, 5.41) is 16.1. The summed E-state index contributed by atoms with van der Waals surface area (Å²) in [5.74, 6) is -0.0821. The number of hydrogen-bond acceptors (Lipinski definition) is 5. The largest absolute Gasteiger partial charge is 0.481 e. The molecule has 8 heteroatoms. The van der Waals surface area contributed by atoms with Gasteiger partial charge in [0.25, 0.3) is 0 Å². The minimum Gasteiger partial charge on any atom is -0.481 e. The van der Waals surface area contributed by atoms with Crippen molar-refractivity contribution in [2.24, 2.45) is 5.92 Å². The van der Waals surface area contributed by atoms with E-state index in [4.69, 9.17) is 5.11 Å². The molecule has 3 N–H and O–H groups in total. The number of aromatic nitrogens is 1. The van der Waals surface area contributed by atoms with E-state index in [1.807, 2.05) is 0 Å². The molecule has 3 rings (SSSR count). The van der Waals surface area contributed by atoms with E-state index in [1.165, 1.54) is 43.4 Å². The van der Waals surface area contributed by atoms with Gasteiger partial charge in [-0.05, 0) is 44.4 Å². The van der Waals surface area contributed by atoms with Crippen molar-refractivity contribution in [2.75, 3.05) is 17.2 Å². The van der Waals surface area contributed by atoms with E-state index < -0.39 is 5.97 Å². The number of anilines is 2. The minimum absolute atomic E-state index is 0.0297. The SMILES string of the molecule is C[C@H]1CC[C@H](N(C(=O)Nc2ncc(NCCC(=O)O)s2)C2CCCCC2)CC1. The molecule has 0 bridgehead atoms. The second kappa shape index (κ2) is 10.1. The fraction of sp³-hybridized carbons (Fsp3) is 0.750. The Balaban J connectivity index is 1.62. The average molecular weight is 409 g/mol. The lowest BCUT2D eigenvalue weighted by atomic mass is 9.84. The van der Waals surface area contributed by atoms with Gasteiger partial charge >= 0.3 is 12.0 Å². The molecule has 0 radical (unpaired) electrons. The number of nitrogens with zero attached hydrogens (tertiary/aromatic N) is 2. The molecule has 2 aliphatic carbocycles. The topological polar surface area (TPSA) is 94.6 Å². The molecule has 2 saturated carbocycles. The lowest BCUT2D eigenvalue weighted by Crippen LogP contribution is -2.51. The van der Waals surface area contributed by atoms with Gasteiger partial charge in [-0.3, -0.25) is 10.1 Å². The van der Waals surface area contributed by atoms with Crippen molar-refractivity contribution in [2.45, 2.75) is 83.2 Å². The maximum absolute atomic E-state index is 13.2. The zero-order valence-corrected chi connectivity index (χ0v) is 17.5. The Morgan fingerprint density at radius 1 is 1.14 bits per heavy atom. The monoisotopic (exact) mass is 408 g/mol. The van der Waals surface area contributed by atoms with Crippen molar-refractivity contribution in [1.29, 1.82) is 0 Å². The van der Waals surface area contributed by atoms with E-state index in [2.05, 4.69) is 27.4 Å². The average Bonchev–Trinajstić information content (AvgIpc) is 3.11. The molecule has 1 aromatic heterocycles. The van der Waals surface area contributed by atoms with Crippen molar-refractivity contribution in [3.05, 3.63) is 6.20 Å². The van der Waals surface area contributed by atoms with Crippen LogP contribution < -0.4 is 10.6 Å². The third kappa shape index (κ3) is 5.83. The molecule has 0 unspecified atom stereocenters. The van der Waals surface area contributed by atoms with Crippen LogP contribution in [-0.4, -0.2) is 45.6 Å². The molecule has 1 aromatic rings. The number of nitrogens with one attached hydrogen (secondary N) is 2. The number of rotatable bonds is 7. The van der Waals surface area contributed by atoms with Crippen molar-refractivity contribution in [3.63, 3.8) is 0 Å². The molecular formula is C20H32N4O3S. The van der Waals surface area contributed by atoms with Crippen LogP contribution in [0.1, 0.15) is 71.1 Å². The van der Waals surface area contributed by atoms with Crippen molar-refractivity contribution in [1.82, 2.24) is 9.88 Å². The second-order valence-electron chi connectivity index (χ2n) is 8.14. The van der Waals surface area contributed by atoms with Crippen molar-refractivity contribution < 1.29 is 14.7 Å². The summed E-state index contributed by atoms with van der Waals surface area (Å²) < 4.78 is 0. The number of carboxylic acids is 1. The van der Waals surface area contributed by atoms with Gasteiger partial charge in [0.05, 0.1) is 12.6 Å². The van der Waals surface area contributed by atoms with Gasteiger partial charge in [0.2, 0.25) is 0 Å². The number of carbonyl (C=O) groups excluding carboxylic acids is 1. The molecule has 2 aliphatic rings. The highest BCUT2D eigenvalue weighted by Crippen LogP contribution is 2.33. The van der Waals surface area contributed by atoms with Crippen molar-refractivity contribution in [3.8, 4) is 0 Å². The third-order valence-corrected chi connectivity index (χ3v) is 6.81. The summed E-state index contributed by atoms with van der Waals surface area (Å²) in [7, 11) is 0. The predicted octanol–water partition coefficient (Wildman–Crippen LogP) is 4.78. The number of carboxylic acid groups (broad SMARTS) is 1. The fourth-order valence-corrected chi connectivity index (χ4v) is 5.10. The smallest absolute Gasteiger partial charge is 0.324 e. The van der Waals surface area contributed by atoms with E-state index in [0.29, 0.717) is 23.8 Å². The molecule has 7 nitrogen and oxygen atoms in total. The molecule has 1 heterocycles. The van der Waals surface area contributed by atoms with Gasteiger partial charge in [-0.15, -0.1) is 0 Å². The summed E-state index contributed by atoms with van der Waals surface area (Å²) in [4.78, 5) is 30.2. The maximum Gasteiger partial charge on any atom is 0.324 e. The Morgan fingerprint density at radius 2 is 1.82 bits per heavy atom. The Bertz CT molecular complexity index is 652. The van der Waals surface area contributed by atoms with Crippen LogP contribution in [0.4, 0.5) is 14.9 Å². The molecule has 156 valence electrons. The highest BCUT2D eigenvalue weighted by atomic mass is 32.1. The van der Waals surface area contributed by atoms with Gasteiger partial charge in [-0.1, -0.05) is 37.5 Å². The number of carbonyl (C=O) groups is 2. The van der Waals surface area contributed by atoms with Gasteiger partial charge in [0, 0.05) is 18.6 Å². The van der Waals surface area contributed by atoms with Crippen LogP contribution in [0.3, 0.4) is 0 Å². The zero-order valence-electron chi connectivity index (χ0n) is 16.7. The number of amides is 2. The van der Waals surface area contributed by atoms with E-state index in [0.717, 1.165) is 36.6 Å². The van der Waals surface area contributed by atoms with Crippen LogP contribution in [0.25, 0.3) is 0 Å². The summed E-state index contributed by atoms with van der Waals surface area (Å²) in [6.07, 6.45) is 12.1. The molecule has 28 heavy (non-hydrogen) atoms. The first kappa shape index (κ1) is 20.9. The Morgan fingerprint density at radius 3 is 2.50 bits per heavy atom. The molecule has 2 fully saturated rings. The van der Waals surface area contributed by atoms with Gasteiger partial charge in [-0.25, -0.2) is 9.78 Å². The van der Waals surface area contributed by atoms with Gasteiger partial charge in [0.1, 0.15) is 5.00 Å². The lowest BCUT2D eigenvalue weighted by molar-refractivity contribution is -0.136. The lowest BCUT2D eigenvalue weighted by Gasteiger charge is -2.42. The van der Waals surface area contributed by atoms with E-state index in [9.17, 15) is 9.59 Å². The van der Waals surface area contributed by atoms with Gasteiger partial charge < -0.3 is 15.3 Å². The number of thiazole rings is 1. The minimum atomic E-state index is -0.838. The van der Waals surface area contributed by atoms with E-state index in [1.54, 1.807) is 6.20 Å². The van der Waals surface area contributed by atoms with Crippen LogP contribution in [-0.2, 0) is 4.79 Å². The fourth-order valence-electron chi connectivity index (χ4n) is 4.37. The van der Waals surface area contributed by atoms with E-state index in [-0.39, 0.29) is 12.5 Å². The Kier molecular flexibility index (Phi) is 7.53. The summed E-state index contributed by atoms with van der Waals surface area (Å²) in [6.45, 7) is 2.65. The second-order valence-corrected chi connectivity index (χ2v) is 9.17. The molecule has 0 saturated heterocycles. The molecule has 0 aromatic carbocycles. The Labute approximate surface area is 170 Å². The van der Waals surface area contributed by atoms with Crippen molar-refractivity contribution >= 4 is 33.5 Å². The molecule has 0 atom stereocenters. The van der Waals surface area contributed by atoms with Gasteiger partial charge in [-0.2, -0.15) is 0 Å². The van der Waals surface area contributed by atoms with Gasteiger partial charge in [0.15, 0.2) is 5.13 Å². The van der Waals surface area contributed by atoms with Crippen LogP contribution in [0, 0.1) is 5.92 Å². The standard InChI is InChI=1S/C20H32N4O3S/c1-14-7-9-16(10-8-14)24(15-5-3-2-4-6-15)20(27)23-19-22-13-17(28-19)21-12-11-18(25)26/h13-16,21H,2-12H2,1H3,(H,25,26)(H,22,23,27)/t14-,16-. The Hall–Kier alpha value is -1.83. The van der Waals surface area contributed by atoms with Crippen LogP contribution in [0.15, 0.2) is 6.20 Å². The molecule has 2 amide bonds. The summed E-state index contributed by atoms with van der Waals surface area (Å²) in [5.41, 5.74) is 0. The third-order valence-electron chi connectivity index (χ3n) is 5.94. The molecule has 0 spiro atoms. The quantitative estimate of drug-likeness (QED) is 0.604.